The number of aryl methyl sites for hydroxylation is 2. The van der Waals surface area contributed by atoms with Gasteiger partial charge < -0.3 is 10.3 Å². The molecule has 20 heavy (non-hydrogen) atoms. The quantitative estimate of drug-likeness (QED) is 0.861. The first kappa shape index (κ1) is 13.6. The molecule has 3 nitrogen and oxygen atoms in total. The molecule has 1 aromatic carbocycles. The number of nitrogens with two attached hydrogens (primary N) is 1. The van der Waals surface area contributed by atoms with Crippen molar-refractivity contribution in [1.82, 2.24) is 9.55 Å². The Bertz CT molecular complexity index is 616. The van der Waals surface area contributed by atoms with Crippen LogP contribution in [0.25, 0.3) is 11.0 Å². The minimum absolute atomic E-state index is 0.229. The maximum atomic E-state index is 6.46. The maximum Gasteiger partial charge on any atom is 0.0961 e. The summed E-state index contributed by atoms with van der Waals surface area (Å²) < 4.78 is 2.32. The molecule has 1 aromatic heterocycles. The Morgan fingerprint density at radius 1 is 1.15 bits per heavy atom. The van der Waals surface area contributed by atoms with Crippen molar-refractivity contribution in [2.75, 3.05) is 0 Å². The molecule has 0 saturated heterocycles. The summed E-state index contributed by atoms with van der Waals surface area (Å²) >= 11 is 0. The van der Waals surface area contributed by atoms with Crippen molar-refractivity contribution in [3.8, 4) is 0 Å². The average molecular weight is 271 g/mol. The van der Waals surface area contributed by atoms with Gasteiger partial charge in [0.05, 0.1) is 23.4 Å². The second-order valence-corrected chi connectivity index (χ2v) is 6.79. The first-order valence-electron chi connectivity index (χ1n) is 7.66. The van der Waals surface area contributed by atoms with E-state index in [0.29, 0.717) is 12.0 Å². The van der Waals surface area contributed by atoms with E-state index in [9.17, 15) is 0 Å². The van der Waals surface area contributed by atoms with Crippen LogP contribution in [0.1, 0.15) is 43.9 Å². The van der Waals surface area contributed by atoms with Crippen LogP contribution in [0.4, 0.5) is 0 Å². The molecule has 1 heterocycles. The van der Waals surface area contributed by atoms with Crippen LogP contribution in [0.3, 0.4) is 0 Å². The highest BCUT2D eigenvalue weighted by atomic mass is 15.1. The fourth-order valence-corrected chi connectivity index (χ4v) is 3.90. The van der Waals surface area contributed by atoms with E-state index in [-0.39, 0.29) is 6.04 Å². The molecule has 1 aliphatic carbocycles. The van der Waals surface area contributed by atoms with Crippen molar-refractivity contribution >= 4 is 11.0 Å². The lowest BCUT2D eigenvalue weighted by atomic mass is 9.77. The molecule has 4 unspecified atom stereocenters. The summed E-state index contributed by atoms with van der Waals surface area (Å²) in [6, 6.07) is 5.05. The van der Waals surface area contributed by atoms with Gasteiger partial charge in [-0.05, 0) is 61.8 Å². The molecule has 1 saturated carbocycles. The van der Waals surface area contributed by atoms with Gasteiger partial charge >= 0.3 is 0 Å². The van der Waals surface area contributed by atoms with Crippen LogP contribution in [0.5, 0.6) is 0 Å². The van der Waals surface area contributed by atoms with Crippen LogP contribution in [-0.2, 0) is 0 Å². The zero-order chi connectivity index (χ0) is 14.4. The van der Waals surface area contributed by atoms with E-state index in [1.54, 1.807) is 0 Å². The summed E-state index contributed by atoms with van der Waals surface area (Å²) in [6.07, 6.45) is 4.35. The van der Waals surface area contributed by atoms with E-state index in [1.165, 1.54) is 23.1 Å². The molecule has 0 amide bonds. The molecule has 0 bridgehead atoms. The van der Waals surface area contributed by atoms with E-state index in [0.717, 1.165) is 17.9 Å². The van der Waals surface area contributed by atoms with Crippen LogP contribution in [0.2, 0.25) is 0 Å². The normalized spacial score (nSPS) is 30.9. The number of benzene rings is 1. The molecule has 0 aliphatic heterocycles. The third kappa shape index (κ3) is 2.14. The highest BCUT2D eigenvalue weighted by Gasteiger charge is 2.33. The van der Waals surface area contributed by atoms with E-state index in [4.69, 9.17) is 5.73 Å². The largest absolute Gasteiger partial charge is 0.326 e. The topological polar surface area (TPSA) is 43.8 Å². The summed E-state index contributed by atoms with van der Waals surface area (Å²) in [5, 5.41) is 0. The Kier molecular flexibility index (Phi) is 3.33. The molecule has 0 radical (unpaired) electrons. The molecule has 4 atom stereocenters. The van der Waals surface area contributed by atoms with Crippen molar-refractivity contribution in [3.05, 3.63) is 29.6 Å². The van der Waals surface area contributed by atoms with Crippen LogP contribution in [-0.4, -0.2) is 15.6 Å². The number of fused-ring (bicyclic) bond motifs is 1. The summed E-state index contributed by atoms with van der Waals surface area (Å²) in [6.45, 7) is 8.95. The number of hydrogen-bond acceptors (Lipinski definition) is 2. The van der Waals surface area contributed by atoms with Gasteiger partial charge in [-0.2, -0.15) is 0 Å². The Morgan fingerprint density at radius 3 is 2.55 bits per heavy atom. The Labute approximate surface area is 121 Å². The number of nitrogens with zero attached hydrogens (tertiary/aromatic N) is 2. The number of aromatic nitrogens is 2. The van der Waals surface area contributed by atoms with Crippen LogP contribution in [0, 0.1) is 25.7 Å². The molecule has 1 fully saturated rings. The van der Waals surface area contributed by atoms with E-state index >= 15 is 0 Å². The van der Waals surface area contributed by atoms with Gasteiger partial charge in [0, 0.05) is 6.04 Å². The standard InChI is InChI=1S/C17H25N3/c1-10-5-13(4)17(14(18)6-10)20-9-19-15-7-11(2)12(3)8-16(15)20/h7-10,13-14,17H,5-6,18H2,1-4H3. The smallest absolute Gasteiger partial charge is 0.0961 e. The molecule has 3 rings (SSSR count). The summed E-state index contributed by atoms with van der Waals surface area (Å²) in [5.74, 6) is 1.34. The molecule has 0 spiro atoms. The third-order valence-electron chi connectivity index (χ3n) is 4.98. The Hall–Kier alpha value is -1.35. The second-order valence-electron chi connectivity index (χ2n) is 6.79. The number of hydrogen-bond donors (Lipinski definition) is 1. The summed E-state index contributed by atoms with van der Waals surface area (Å²) in [4.78, 5) is 4.59. The fraction of sp³-hybridized carbons (Fsp3) is 0.588. The third-order valence-corrected chi connectivity index (χ3v) is 4.98. The number of imidazole rings is 1. The van der Waals surface area contributed by atoms with Crippen molar-refractivity contribution in [2.24, 2.45) is 17.6 Å². The highest BCUT2D eigenvalue weighted by Crippen LogP contribution is 2.37. The Morgan fingerprint density at radius 2 is 1.85 bits per heavy atom. The molecule has 1 aliphatic rings. The van der Waals surface area contributed by atoms with E-state index < -0.39 is 0 Å². The average Bonchev–Trinajstić information content (AvgIpc) is 2.72. The van der Waals surface area contributed by atoms with E-state index in [2.05, 4.69) is 49.4 Å². The molecule has 108 valence electrons. The van der Waals surface area contributed by atoms with E-state index in [1.807, 2.05) is 6.33 Å². The lowest BCUT2D eigenvalue weighted by molar-refractivity contribution is 0.181. The summed E-state index contributed by atoms with van der Waals surface area (Å²) in [7, 11) is 0. The molecule has 3 heteroatoms. The Balaban J connectivity index is 2.07. The van der Waals surface area contributed by atoms with Gasteiger partial charge in [0.1, 0.15) is 0 Å². The number of rotatable bonds is 1. The van der Waals surface area contributed by atoms with Crippen LogP contribution < -0.4 is 5.73 Å². The van der Waals surface area contributed by atoms with Gasteiger partial charge in [0.15, 0.2) is 0 Å². The van der Waals surface area contributed by atoms with Gasteiger partial charge in [-0.1, -0.05) is 13.8 Å². The predicted octanol–water partition coefficient (Wildman–Crippen LogP) is 3.59. The van der Waals surface area contributed by atoms with Gasteiger partial charge in [-0.3, -0.25) is 0 Å². The zero-order valence-corrected chi connectivity index (χ0v) is 12.9. The maximum absolute atomic E-state index is 6.46. The lowest BCUT2D eigenvalue weighted by Crippen LogP contribution is -2.41. The van der Waals surface area contributed by atoms with Crippen molar-refractivity contribution < 1.29 is 0 Å². The monoisotopic (exact) mass is 271 g/mol. The van der Waals surface area contributed by atoms with Gasteiger partial charge in [0.2, 0.25) is 0 Å². The SMILES string of the molecule is Cc1cc2ncn(C3C(C)CC(C)CC3N)c2cc1C. The van der Waals surface area contributed by atoms with Crippen molar-refractivity contribution in [2.45, 2.75) is 52.6 Å². The first-order chi connectivity index (χ1) is 9.47. The molecular formula is C17H25N3. The lowest BCUT2D eigenvalue weighted by Gasteiger charge is -2.38. The van der Waals surface area contributed by atoms with Gasteiger partial charge in [-0.15, -0.1) is 0 Å². The molecule has 2 N–H and O–H groups in total. The van der Waals surface area contributed by atoms with Crippen molar-refractivity contribution in [3.63, 3.8) is 0 Å². The molecular weight excluding hydrogens is 246 g/mol. The minimum atomic E-state index is 0.229. The van der Waals surface area contributed by atoms with Crippen LogP contribution >= 0.6 is 0 Å². The molecule has 2 aromatic rings. The highest BCUT2D eigenvalue weighted by molar-refractivity contribution is 5.77. The fourth-order valence-electron chi connectivity index (χ4n) is 3.90. The van der Waals surface area contributed by atoms with Crippen LogP contribution in [0.15, 0.2) is 18.5 Å². The van der Waals surface area contributed by atoms with Crippen molar-refractivity contribution in [1.29, 1.82) is 0 Å². The zero-order valence-electron chi connectivity index (χ0n) is 12.9. The van der Waals surface area contributed by atoms with Gasteiger partial charge in [0.25, 0.3) is 0 Å². The first-order valence-corrected chi connectivity index (χ1v) is 7.66. The van der Waals surface area contributed by atoms with Gasteiger partial charge in [-0.25, -0.2) is 4.98 Å². The minimum Gasteiger partial charge on any atom is -0.326 e. The summed E-state index contributed by atoms with van der Waals surface area (Å²) in [5.41, 5.74) is 11.4. The second kappa shape index (κ2) is 4.88. The predicted molar refractivity (Wildman–Crippen MR) is 83.8 cm³/mol.